The summed E-state index contributed by atoms with van der Waals surface area (Å²) in [5.41, 5.74) is 1.41. The molecule has 0 spiro atoms. The molecule has 0 saturated carbocycles. The van der Waals surface area contributed by atoms with Crippen LogP contribution in [-0.2, 0) is 10.8 Å². The summed E-state index contributed by atoms with van der Waals surface area (Å²) in [5, 5.41) is 8.76. The Balaban J connectivity index is 0.000000346. The van der Waals surface area contributed by atoms with Gasteiger partial charge in [0.1, 0.15) is 18.4 Å². The van der Waals surface area contributed by atoms with Gasteiger partial charge in [-0.25, -0.2) is 13.4 Å². The van der Waals surface area contributed by atoms with Crippen LogP contribution < -0.4 is 0 Å². The first-order chi connectivity index (χ1) is 23.3. The normalized spacial score (nSPS) is 9.88. The summed E-state index contributed by atoms with van der Waals surface area (Å²) in [7, 11) is -1.26. The van der Waals surface area contributed by atoms with Crippen LogP contribution in [0.2, 0.25) is 0 Å². The number of carboxylic acid groups (broad SMARTS) is 1. The molecular weight excluding hydrogens is 688 g/mol. The Hall–Kier alpha value is -5.09. The van der Waals surface area contributed by atoms with Gasteiger partial charge in [-0.1, -0.05) is 93.3 Å². The zero-order chi connectivity index (χ0) is 34.6. The van der Waals surface area contributed by atoms with Crippen molar-refractivity contribution in [1.29, 1.82) is 0 Å². The minimum atomic E-state index is -1.26. The van der Waals surface area contributed by atoms with Crippen LogP contribution in [0.3, 0.4) is 0 Å². The Labute approximate surface area is 306 Å². The first-order valence-corrected chi connectivity index (χ1v) is 16.7. The number of carbonyl (C=O) groups excluding carboxylic acids is 2. The topological polar surface area (TPSA) is 88.5 Å². The molecule has 5 nitrogen and oxygen atoms in total. The summed E-state index contributed by atoms with van der Waals surface area (Å²) in [6, 6.07) is 48.0. The fourth-order valence-corrected chi connectivity index (χ4v) is 5.68. The molecular formula is C41H39FO5S3. The van der Waals surface area contributed by atoms with Crippen LogP contribution in [0.25, 0.3) is 0 Å². The molecule has 9 heteroatoms. The third-order valence-corrected chi connectivity index (χ3v) is 8.74. The number of benzene rings is 6. The van der Waals surface area contributed by atoms with Crippen LogP contribution in [-0.4, -0.2) is 27.9 Å². The Morgan fingerprint density at radius 1 is 0.580 bits per heavy atom. The Morgan fingerprint density at radius 3 is 1.40 bits per heavy atom. The molecule has 1 atom stereocenters. The lowest BCUT2D eigenvalue weighted by Gasteiger charge is -2.02. The van der Waals surface area contributed by atoms with Crippen molar-refractivity contribution in [2.75, 3.05) is 0 Å². The highest BCUT2D eigenvalue weighted by atomic mass is 32.2. The van der Waals surface area contributed by atoms with E-state index in [9.17, 15) is 23.0 Å². The lowest BCUT2D eigenvalue weighted by molar-refractivity contribution is 0.0696. The lowest BCUT2D eigenvalue weighted by Crippen LogP contribution is -1.97. The van der Waals surface area contributed by atoms with Gasteiger partial charge in [-0.15, -0.1) is 12.6 Å². The molecule has 6 aromatic carbocycles. The lowest BCUT2D eigenvalue weighted by atomic mass is 10.2. The minimum absolute atomic E-state index is 0. The monoisotopic (exact) mass is 726 g/mol. The fourth-order valence-electron chi connectivity index (χ4n) is 3.61. The van der Waals surface area contributed by atoms with E-state index in [4.69, 9.17) is 5.11 Å². The number of carbonyl (C=O) groups is 3. The SMILES string of the molecule is C.C.O=C(O)c1ccc(S(=O)c2ccccc2)cc1.O=Cc1ccc(F)cc1.O=Cc1ccc(Sc2ccccc2)cc1.Sc1ccccc1. The number of hydrogen-bond donors (Lipinski definition) is 2. The number of hydrogen-bond acceptors (Lipinski definition) is 6. The molecule has 0 aliphatic carbocycles. The number of halogens is 1. The minimum Gasteiger partial charge on any atom is -0.478 e. The quantitative estimate of drug-likeness (QED) is 0.126. The molecule has 0 amide bonds. The highest BCUT2D eigenvalue weighted by Gasteiger charge is 2.08. The molecule has 0 saturated heterocycles. The van der Waals surface area contributed by atoms with Crippen molar-refractivity contribution in [3.8, 4) is 0 Å². The Kier molecular flexibility index (Phi) is 20.7. The predicted molar refractivity (Wildman–Crippen MR) is 206 cm³/mol. The van der Waals surface area contributed by atoms with Gasteiger partial charge in [-0.05, 0) is 97.1 Å². The molecule has 6 rings (SSSR count). The van der Waals surface area contributed by atoms with E-state index in [-0.39, 0.29) is 26.2 Å². The third-order valence-electron chi connectivity index (χ3n) is 6.03. The van der Waals surface area contributed by atoms with Crippen LogP contribution in [0, 0.1) is 5.82 Å². The van der Waals surface area contributed by atoms with Gasteiger partial charge in [0, 0.05) is 35.6 Å². The molecule has 0 radical (unpaired) electrons. The predicted octanol–water partition coefficient (Wildman–Crippen LogP) is 11.1. The first-order valence-electron chi connectivity index (χ1n) is 14.3. The molecule has 1 N–H and O–H groups in total. The van der Waals surface area contributed by atoms with E-state index < -0.39 is 16.8 Å². The van der Waals surface area contributed by atoms with Gasteiger partial charge in [0.15, 0.2) is 0 Å². The van der Waals surface area contributed by atoms with Gasteiger partial charge in [0.05, 0.1) is 16.4 Å². The summed E-state index contributed by atoms with van der Waals surface area (Å²) < 4.78 is 24.2. The molecule has 50 heavy (non-hydrogen) atoms. The highest BCUT2D eigenvalue weighted by molar-refractivity contribution is 7.99. The van der Waals surface area contributed by atoms with Crippen LogP contribution in [0.5, 0.6) is 0 Å². The molecule has 0 bridgehead atoms. The molecule has 0 aliphatic heterocycles. The van der Waals surface area contributed by atoms with Gasteiger partial charge in [0.25, 0.3) is 0 Å². The van der Waals surface area contributed by atoms with Crippen molar-refractivity contribution in [1.82, 2.24) is 0 Å². The Morgan fingerprint density at radius 2 is 0.980 bits per heavy atom. The summed E-state index contributed by atoms with van der Waals surface area (Å²) >= 11 is 5.78. The smallest absolute Gasteiger partial charge is 0.335 e. The van der Waals surface area contributed by atoms with Gasteiger partial charge in [0.2, 0.25) is 0 Å². The number of carboxylic acids is 1. The second-order valence-electron chi connectivity index (χ2n) is 9.52. The summed E-state index contributed by atoms with van der Waals surface area (Å²) in [5.74, 6) is -1.30. The fraction of sp³-hybridized carbons (Fsp3) is 0.0488. The van der Waals surface area contributed by atoms with Crippen molar-refractivity contribution >= 4 is 53.7 Å². The molecule has 6 aromatic rings. The van der Waals surface area contributed by atoms with Gasteiger partial charge in [-0.3, -0.25) is 9.59 Å². The van der Waals surface area contributed by atoms with Gasteiger partial charge in [-0.2, -0.15) is 0 Å². The van der Waals surface area contributed by atoms with Crippen molar-refractivity contribution in [2.24, 2.45) is 0 Å². The average Bonchev–Trinajstić information content (AvgIpc) is 3.14. The largest absolute Gasteiger partial charge is 0.478 e. The van der Waals surface area contributed by atoms with Crippen molar-refractivity contribution in [3.05, 3.63) is 186 Å². The van der Waals surface area contributed by atoms with E-state index in [1.165, 1.54) is 41.3 Å². The molecule has 258 valence electrons. The van der Waals surface area contributed by atoms with Crippen LogP contribution in [0.15, 0.2) is 188 Å². The molecule has 1 unspecified atom stereocenters. The summed E-state index contributed by atoms with van der Waals surface area (Å²) in [6.45, 7) is 0. The number of aromatic carboxylic acids is 1. The van der Waals surface area contributed by atoms with Crippen molar-refractivity contribution < 1.29 is 28.1 Å². The molecule has 0 fully saturated rings. The summed E-state index contributed by atoms with van der Waals surface area (Å²) in [6.07, 6.45) is 1.54. The average molecular weight is 727 g/mol. The van der Waals surface area contributed by atoms with Crippen LogP contribution >= 0.6 is 24.4 Å². The van der Waals surface area contributed by atoms with E-state index in [0.29, 0.717) is 27.2 Å². The van der Waals surface area contributed by atoms with E-state index >= 15 is 0 Å². The van der Waals surface area contributed by atoms with E-state index in [1.54, 1.807) is 36.0 Å². The van der Waals surface area contributed by atoms with Crippen LogP contribution in [0.1, 0.15) is 45.9 Å². The Bertz CT molecular complexity index is 1850. The number of aldehydes is 2. The van der Waals surface area contributed by atoms with Gasteiger partial charge >= 0.3 is 5.97 Å². The second kappa shape index (κ2) is 24.1. The molecule has 0 heterocycles. The second-order valence-corrected chi connectivity index (χ2v) is 12.7. The molecule has 0 aliphatic rings. The zero-order valence-electron chi connectivity index (χ0n) is 25.5. The molecule has 0 aromatic heterocycles. The van der Waals surface area contributed by atoms with Gasteiger partial charge < -0.3 is 5.11 Å². The van der Waals surface area contributed by atoms with Crippen molar-refractivity contribution in [3.63, 3.8) is 0 Å². The maximum atomic E-state index is 12.1. The highest BCUT2D eigenvalue weighted by Crippen LogP contribution is 2.27. The maximum Gasteiger partial charge on any atom is 0.335 e. The zero-order valence-corrected chi connectivity index (χ0v) is 28.0. The standard InChI is InChI=1S/C13H10O3S.C13H10OS.C7H5FO.C6H6S.2CH4/c14-13(15)10-6-8-12(9-7-10)17(16)11-4-2-1-3-5-11;14-10-11-6-8-13(9-7-11)15-12-4-2-1-3-5-12;8-7-3-1-6(5-9)2-4-7;7-6-4-2-1-3-5-6;;/h1-9H,(H,14,15);1-10H;1-5H;1-5,7H;2*1H4. The van der Waals surface area contributed by atoms with Crippen LogP contribution in [0.4, 0.5) is 4.39 Å². The first kappa shape index (κ1) is 42.9. The number of thiol groups is 1. The number of rotatable bonds is 7. The van der Waals surface area contributed by atoms with E-state index in [2.05, 4.69) is 24.8 Å². The summed E-state index contributed by atoms with van der Waals surface area (Å²) in [4.78, 5) is 35.8. The van der Waals surface area contributed by atoms with Crippen molar-refractivity contribution in [2.45, 2.75) is 39.3 Å². The third kappa shape index (κ3) is 15.9. The van der Waals surface area contributed by atoms with E-state index in [1.807, 2.05) is 91.0 Å². The van der Waals surface area contributed by atoms with E-state index in [0.717, 1.165) is 16.1 Å². The maximum absolute atomic E-state index is 12.1.